The molecule has 1 aliphatic heterocycles. The summed E-state index contributed by atoms with van der Waals surface area (Å²) in [7, 11) is 0. The maximum Gasteiger partial charge on any atom is 0.293 e. The Morgan fingerprint density at radius 3 is 2.59 bits per heavy atom. The van der Waals surface area contributed by atoms with Gasteiger partial charge in [-0.3, -0.25) is 14.5 Å². The van der Waals surface area contributed by atoms with E-state index in [0.29, 0.717) is 22.3 Å². The molecule has 0 aromatic heterocycles. The van der Waals surface area contributed by atoms with Crippen LogP contribution in [-0.2, 0) is 11.4 Å². The first-order chi connectivity index (χ1) is 13.0. The van der Waals surface area contributed by atoms with E-state index in [-0.39, 0.29) is 17.2 Å². The quantitative estimate of drug-likeness (QED) is 0.578. The van der Waals surface area contributed by atoms with Gasteiger partial charge in [0.15, 0.2) is 0 Å². The van der Waals surface area contributed by atoms with Crippen LogP contribution in [0.5, 0.6) is 5.75 Å². The number of ether oxygens (including phenoxy) is 1. The average molecular weight is 402 g/mol. The molecule has 0 bridgehead atoms. The highest BCUT2D eigenvalue weighted by atomic mass is 35.5. The molecular formula is C21H20ClNO3S. The highest BCUT2D eigenvalue weighted by Crippen LogP contribution is 2.35. The van der Waals surface area contributed by atoms with Gasteiger partial charge in [0, 0.05) is 22.2 Å². The van der Waals surface area contributed by atoms with Gasteiger partial charge in [0.05, 0.1) is 4.91 Å². The Labute approximate surface area is 168 Å². The maximum absolute atomic E-state index is 12.6. The molecule has 2 amide bonds. The molecule has 1 atom stereocenters. The first-order valence-corrected chi connectivity index (χ1v) is 9.93. The zero-order valence-electron chi connectivity index (χ0n) is 15.1. The molecule has 2 aromatic carbocycles. The summed E-state index contributed by atoms with van der Waals surface area (Å²) >= 11 is 7.15. The van der Waals surface area contributed by atoms with Crippen molar-refractivity contribution in [2.75, 3.05) is 0 Å². The molecule has 140 valence electrons. The second-order valence-electron chi connectivity index (χ2n) is 6.23. The number of hydrogen-bond acceptors (Lipinski definition) is 4. The number of halogens is 1. The smallest absolute Gasteiger partial charge is 0.293 e. The number of para-hydroxylation sites is 1. The highest BCUT2D eigenvalue weighted by molar-refractivity contribution is 8.18. The van der Waals surface area contributed by atoms with Gasteiger partial charge in [0.1, 0.15) is 12.4 Å². The lowest BCUT2D eigenvalue weighted by molar-refractivity contribution is -0.124. The van der Waals surface area contributed by atoms with Crippen LogP contribution in [0.25, 0.3) is 6.08 Å². The molecule has 2 aromatic rings. The molecule has 4 nitrogen and oxygen atoms in total. The predicted octanol–water partition coefficient (Wildman–Crippen LogP) is 5.75. The Hall–Kier alpha value is -2.24. The zero-order chi connectivity index (χ0) is 19.4. The number of amides is 2. The Morgan fingerprint density at radius 2 is 1.85 bits per heavy atom. The van der Waals surface area contributed by atoms with E-state index < -0.39 is 0 Å². The normalized spacial score (nSPS) is 16.9. The van der Waals surface area contributed by atoms with Gasteiger partial charge in [-0.05, 0) is 43.3 Å². The molecule has 27 heavy (non-hydrogen) atoms. The number of carbonyl (C=O) groups excluding carboxylic acids is 2. The molecule has 1 fully saturated rings. The topological polar surface area (TPSA) is 46.6 Å². The number of nitrogens with zero attached hydrogens (tertiary/aromatic N) is 1. The Balaban J connectivity index is 1.82. The van der Waals surface area contributed by atoms with Gasteiger partial charge in [0.25, 0.3) is 11.1 Å². The lowest BCUT2D eigenvalue weighted by atomic mass is 10.1. The molecule has 0 radical (unpaired) electrons. The van der Waals surface area contributed by atoms with Crippen molar-refractivity contribution in [1.82, 2.24) is 4.90 Å². The fourth-order valence-electron chi connectivity index (χ4n) is 2.69. The van der Waals surface area contributed by atoms with Gasteiger partial charge in [-0.1, -0.05) is 54.9 Å². The van der Waals surface area contributed by atoms with Crippen LogP contribution < -0.4 is 4.74 Å². The van der Waals surface area contributed by atoms with Crippen molar-refractivity contribution < 1.29 is 14.3 Å². The summed E-state index contributed by atoms with van der Waals surface area (Å²) in [6.45, 7) is 4.15. The monoisotopic (exact) mass is 401 g/mol. The second kappa shape index (κ2) is 8.63. The van der Waals surface area contributed by atoms with Crippen LogP contribution in [0.3, 0.4) is 0 Å². The Bertz CT molecular complexity index is 897. The number of hydrogen-bond donors (Lipinski definition) is 0. The van der Waals surface area contributed by atoms with Crippen LogP contribution in [-0.4, -0.2) is 22.1 Å². The van der Waals surface area contributed by atoms with Crippen molar-refractivity contribution in [3.63, 3.8) is 0 Å². The first-order valence-electron chi connectivity index (χ1n) is 8.73. The van der Waals surface area contributed by atoms with Crippen molar-refractivity contribution in [1.29, 1.82) is 0 Å². The number of benzene rings is 2. The van der Waals surface area contributed by atoms with Gasteiger partial charge in [0.2, 0.25) is 0 Å². The van der Waals surface area contributed by atoms with Crippen LogP contribution >= 0.6 is 23.4 Å². The van der Waals surface area contributed by atoms with E-state index in [1.165, 1.54) is 4.90 Å². The SMILES string of the molecule is CC[C@@H](C)N1C(=O)S/C(=C/c2ccccc2OCc2ccccc2Cl)C1=O. The largest absolute Gasteiger partial charge is 0.488 e. The molecule has 6 heteroatoms. The van der Waals surface area contributed by atoms with Gasteiger partial charge >= 0.3 is 0 Å². The summed E-state index contributed by atoms with van der Waals surface area (Å²) in [5.41, 5.74) is 1.63. The van der Waals surface area contributed by atoms with E-state index in [4.69, 9.17) is 16.3 Å². The fraction of sp³-hybridized carbons (Fsp3) is 0.238. The second-order valence-corrected chi connectivity index (χ2v) is 7.63. The predicted molar refractivity (Wildman–Crippen MR) is 110 cm³/mol. The number of rotatable bonds is 6. The zero-order valence-corrected chi connectivity index (χ0v) is 16.7. The van der Waals surface area contributed by atoms with Gasteiger partial charge in [-0.15, -0.1) is 0 Å². The number of carbonyl (C=O) groups is 2. The van der Waals surface area contributed by atoms with Gasteiger partial charge < -0.3 is 4.74 Å². The van der Waals surface area contributed by atoms with E-state index in [2.05, 4.69) is 0 Å². The average Bonchev–Trinajstić information content (AvgIpc) is 2.95. The minimum atomic E-state index is -0.250. The molecule has 0 N–H and O–H groups in total. The third-order valence-corrected chi connectivity index (χ3v) is 5.65. The molecular weight excluding hydrogens is 382 g/mol. The van der Waals surface area contributed by atoms with Crippen molar-refractivity contribution in [3.05, 3.63) is 69.6 Å². The summed E-state index contributed by atoms with van der Waals surface area (Å²) in [5, 5.41) is 0.416. The third kappa shape index (κ3) is 4.37. The minimum Gasteiger partial charge on any atom is -0.488 e. The van der Waals surface area contributed by atoms with Crippen LogP contribution in [0.4, 0.5) is 4.79 Å². The lowest BCUT2D eigenvalue weighted by Crippen LogP contribution is -2.36. The summed E-state index contributed by atoms with van der Waals surface area (Å²) in [5.74, 6) is 0.382. The maximum atomic E-state index is 12.6. The molecule has 0 spiro atoms. The van der Waals surface area contributed by atoms with Crippen molar-refractivity contribution >= 4 is 40.6 Å². The lowest BCUT2D eigenvalue weighted by Gasteiger charge is -2.19. The number of thioether (sulfide) groups is 1. The highest BCUT2D eigenvalue weighted by Gasteiger charge is 2.37. The summed E-state index contributed by atoms with van der Waals surface area (Å²) in [6, 6.07) is 14.8. The van der Waals surface area contributed by atoms with Crippen LogP contribution in [0.15, 0.2) is 53.4 Å². The first kappa shape index (κ1) is 19.5. The van der Waals surface area contributed by atoms with E-state index in [1.54, 1.807) is 6.08 Å². The molecule has 1 saturated heterocycles. The summed E-state index contributed by atoms with van der Waals surface area (Å²) < 4.78 is 5.92. The standard InChI is InChI=1S/C21H20ClNO3S/c1-3-14(2)23-20(24)19(27-21(23)25)12-15-8-5-7-11-18(15)26-13-16-9-4-6-10-17(16)22/h4-12,14H,3,13H2,1-2H3/b19-12+/t14-/m1/s1. The van der Waals surface area contributed by atoms with E-state index >= 15 is 0 Å². The number of imide groups is 1. The summed E-state index contributed by atoms with van der Waals surface area (Å²) in [6.07, 6.45) is 2.44. The van der Waals surface area contributed by atoms with Gasteiger partial charge in [-0.2, -0.15) is 0 Å². The van der Waals surface area contributed by atoms with Gasteiger partial charge in [-0.25, -0.2) is 0 Å². The molecule has 0 unspecified atom stereocenters. The minimum absolute atomic E-state index is 0.116. The Morgan fingerprint density at radius 1 is 1.15 bits per heavy atom. The summed E-state index contributed by atoms with van der Waals surface area (Å²) in [4.78, 5) is 26.5. The van der Waals surface area contributed by atoms with E-state index in [0.717, 1.165) is 29.3 Å². The van der Waals surface area contributed by atoms with E-state index in [9.17, 15) is 9.59 Å². The molecule has 0 aliphatic carbocycles. The Kier molecular flexibility index (Phi) is 6.24. The molecule has 3 rings (SSSR count). The molecule has 1 heterocycles. The van der Waals surface area contributed by atoms with E-state index in [1.807, 2.05) is 62.4 Å². The molecule has 1 aliphatic rings. The van der Waals surface area contributed by atoms with Crippen molar-refractivity contribution in [2.24, 2.45) is 0 Å². The fourth-order valence-corrected chi connectivity index (χ4v) is 3.80. The van der Waals surface area contributed by atoms with Crippen LogP contribution in [0.1, 0.15) is 31.4 Å². The molecule has 0 saturated carbocycles. The third-order valence-electron chi connectivity index (χ3n) is 4.40. The van der Waals surface area contributed by atoms with Crippen molar-refractivity contribution in [2.45, 2.75) is 32.9 Å². The van der Waals surface area contributed by atoms with Crippen LogP contribution in [0.2, 0.25) is 5.02 Å². The van der Waals surface area contributed by atoms with Crippen LogP contribution in [0, 0.1) is 0 Å². The van der Waals surface area contributed by atoms with Crippen molar-refractivity contribution in [3.8, 4) is 5.75 Å².